The summed E-state index contributed by atoms with van der Waals surface area (Å²) >= 11 is 0. The Morgan fingerprint density at radius 3 is 2.42 bits per heavy atom. The maximum absolute atomic E-state index is 4.79. The lowest BCUT2D eigenvalue weighted by atomic mass is 10.2. The fraction of sp³-hybridized carbons (Fsp3) is 0.278. The highest BCUT2D eigenvalue weighted by Gasteiger charge is 2.19. The summed E-state index contributed by atoms with van der Waals surface area (Å²) in [6, 6.07) is 12.2. The molecule has 0 spiro atoms. The molecule has 1 N–H and O–H groups in total. The summed E-state index contributed by atoms with van der Waals surface area (Å²) in [5.74, 6) is 1.80. The fourth-order valence-corrected chi connectivity index (χ4v) is 3.04. The zero-order chi connectivity index (χ0) is 16.4. The number of piperazine rings is 1. The summed E-state index contributed by atoms with van der Waals surface area (Å²) in [5, 5.41) is 6.91. The van der Waals surface area contributed by atoms with Crippen LogP contribution in [-0.4, -0.2) is 46.3 Å². The van der Waals surface area contributed by atoms with Gasteiger partial charge >= 0.3 is 0 Å². The minimum absolute atomic E-state index is 0.794. The molecule has 1 aliphatic heterocycles. The van der Waals surface area contributed by atoms with Crippen LogP contribution in [0.5, 0.6) is 0 Å². The van der Waals surface area contributed by atoms with Crippen LogP contribution >= 0.6 is 0 Å². The van der Waals surface area contributed by atoms with Crippen molar-refractivity contribution < 1.29 is 0 Å². The second kappa shape index (κ2) is 6.31. The van der Waals surface area contributed by atoms with E-state index in [4.69, 9.17) is 4.98 Å². The van der Waals surface area contributed by atoms with E-state index in [2.05, 4.69) is 43.2 Å². The number of nitrogens with one attached hydrogen (secondary N) is 1. The molecule has 0 unspecified atom stereocenters. The van der Waals surface area contributed by atoms with Crippen molar-refractivity contribution in [3.63, 3.8) is 0 Å². The van der Waals surface area contributed by atoms with Crippen LogP contribution in [0.15, 0.2) is 48.8 Å². The molecule has 3 heterocycles. The van der Waals surface area contributed by atoms with Gasteiger partial charge in [-0.3, -0.25) is 5.10 Å². The molecule has 6 nitrogen and oxygen atoms in total. The zero-order valence-electron chi connectivity index (χ0n) is 13.7. The molecule has 1 saturated heterocycles. The van der Waals surface area contributed by atoms with Crippen molar-refractivity contribution in [2.24, 2.45) is 0 Å². The molecule has 1 aliphatic rings. The number of anilines is 2. The van der Waals surface area contributed by atoms with Crippen LogP contribution in [0.4, 0.5) is 11.5 Å². The van der Waals surface area contributed by atoms with Crippen molar-refractivity contribution in [2.45, 2.75) is 6.92 Å². The van der Waals surface area contributed by atoms with Crippen LogP contribution in [-0.2, 0) is 0 Å². The Morgan fingerprint density at radius 1 is 0.958 bits per heavy atom. The van der Waals surface area contributed by atoms with Crippen molar-refractivity contribution >= 4 is 11.5 Å². The molecule has 1 aromatic carbocycles. The average molecular weight is 320 g/mol. The van der Waals surface area contributed by atoms with Gasteiger partial charge in [0.2, 0.25) is 0 Å². The molecule has 1 fully saturated rings. The Kier molecular flexibility index (Phi) is 3.86. The fourth-order valence-electron chi connectivity index (χ4n) is 3.04. The van der Waals surface area contributed by atoms with Crippen molar-refractivity contribution in [1.29, 1.82) is 0 Å². The Morgan fingerprint density at radius 2 is 1.71 bits per heavy atom. The lowest BCUT2D eigenvalue weighted by Crippen LogP contribution is -2.46. The molecule has 0 aliphatic carbocycles. The molecule has 0 radical (unpaired) electrons. The molecule has 122 valence electrons. The first kappa shape index (κ1) is 14.7. The number of H-pyrrole nitrogens is 1. The summed E-state index contributed by atoms with van der Waals surface area (Å²) in [5.41, 5.74) is 3.20. The van der Waals surface area contributed by atoms with E-state index < -0.39 is 0 Å². The molecule has 2 aromatic heterocycles. The van der Waals surface area contributed by atoms with Gasteiger partial charge in [-0.15, -0.1) is 0 Å². The third-order valence-electron chi connectivity index (χ3n) is 4.33. The maximum Gasteiger partial charge on any atom is 0.161 e. The van der Waals surface area contributed by atoms with Gasteiger partial charge in [-0.25, -0.2) is 9.97 Å². The van der Waals surface area contributed by atoms with Crippen LogP contribution in [0.1, 0.15) is 5.69 Å². The SMILES string of the molecule is Cc1cc(N2CCN(c3cn[nH]c3)CC2)nc(-c2ccccc2)n1. The van der Waals surface area contributed by atoms with Gasteiger partial charge in [0.05, 0.1) is 11.9 Å². The number of hydrogen-bond acceptors (Lipinski definition) is 5. The van der Waals surface area contributed by atoms with Crippen LogP contribution in [0, 0.1) is 6.92 Å². The predicted octanol–water partition coefficient (Wildman–Crippen LogP) is 2.50. The van der Waals surface area contributed by atoms with Gasteiger partial charge in [-0.2, -0.15) is 5.10 Å². The highest BCUT2D eigenvalue weighted by atomic mass is 15.3. The number of rotatable bonds is 3. The first-order chi connectivity index (χ1) is 11.8. The smallest absolute Gasteiger partial charge is 0.161 e. The number of aromatic amines is 1. The third kappa shape index (κ3) is 2.95. The molecule has 6 heteroatoms. The van der Waals surface area contributed by atoms with Gasteiger partial charge in [-0.05, 0) is 6.92 Å². The standard InChI is InChI=1S/C18H20N6/c1-14-11-17(22-18(21-14)15-5-3-2-4-6-15)24-9-7-23(8-10-24)16-12-19-20-13-16/h2-6,11-13H,7-10H2,1H3,(H,19,20). The minimum Gasteiger partial charge on any atom is -0.365 e. The van der Waals surface area contributed by atoms with E-state index >= 15 is 0 Å². The topological polar surface area (TPSA) is 60.9 Å². The quantitative estimate of drug-likeness (QED) is 0.803. The summed E-state index contributed by atoms with van der Waals surface area (Å²) in [6.07, 6.45) is 3.82. The summed E-state index contributed by atoms with van der Waals surface area (Å²) in [7, 11) is 0. The monoisotopic (exact) mass is 320 g/mol. The number of nitrogens with zero attached hydrogens (tertiary/aromatic N) is 5. The highest BCUT2D eigenvalue weighted by molar-refractivity contribution is 5.58. The van der Waals surface area contributed by atoms with Gasteiger partial charge < -0.3 is 9.80 Å². The van der Waals surface area contributed by atoms with Gasteiger partial charge in [0.25, 0.3) is 0 Å². The van der Waals surface area contributed by atoms with E-state index in [-0.39, 0.29) is 0 Å². The van der Waals surface area contributed by atoms with Gasteiger partial charge in [-0.1, -0.05) is 30.3 Å². The van der Waals surface area contributed by atoms with E-state index in [1.54, 1.807) is 0 Å². The average Bonchev–Trinajstić information content (AvgIpc) is 3.17. The van der Waals surface area contributed by atoms with Gasteiger partial charge in [0, 0.05) is 49.7 Å². The minimum atomic E-state index is 0.794. The Bertz CT molecular complexity index is 792. The van der Waals surface area contributed by atoms with Crippen LogP contribution in [0.3, 0.4) is 0 Å². The molecule has 0 amide bonds. The largest absolute Gasteiger partial charge is 0.365 e. The molecule has 0 saturated carbocycles. The maximum atomic E-state index is 4.79. The second-order valence-electron chi connectivity index (χ2n) is 5.99. The first-order valence-electron chi connectivity index (χ1n) is 8.19. The number of aryl methyl sites for hydroxylation is 1. The van der Waals surface area contributed by atoms with Gasteiger partial charge in [0.1, 0.15) is 5.82 Å². The molecule has 0 atom stereocenters. The number of hydrogen-bond donors (Lipinski definition) is 1. The first-order valence-corrected chi connectivity index (χ1v) is 8.19. The van der Waals surface area contributed by atoms with Gasteiger partial charge in [0.15, 0.2) is 5.82 Å². The summed E-state index contributed by atoms with van der Waals surface area (Å²) in [4.78, 5) is 14.1. The van der Waals surface area contributed by atoms with Crippen molar-refractivity contribution in [3.8, 4) is 11.4 Å². The summed E-state index contributed by atoms with van der Waals surface area (Å²) in [6.45, 7) is 5.83. The van der Waals surface area contributed by atoms with E-state index in [1.165, 1.54) is 0 Å². The van der Waals surface area contributed by atoms with Crippen LogP contribution in [0.2, 0.25) is 0 Å². The van der Waals surface area contributed by atoms with E-state index in [0.29, 0.717) is 0 Å². The van der Waals surface area contributed by atoms with Crippen LogP contribution < -0.4 is 9.80 Å². The molecular weight excluding hydrogens is 300 g/mol. The van der Waals surface area contributed by atoms with E-state index in [9.17, 15) is 0 Å². The highest BCUT2D eigenvalue weighted by Crippen LogP contribution is 2.22. The van der Waals surface area contributed by atoms with Crippen molar-refractivity contribution in [1.82, 2.24) is 20.2 Å². The predicted molar refractivity (Wildman–Crippen MR) is 95.2 cm³/mol. The zero-order valence-corrected chi connectivity index (χ0v) is 13.7. The number of benzene rings is 1. The van der Waals surface area contributed by atoms with E-state index in [0.717, 1.165) is 54.8 Å². The number of aromatic nitrogens is 4. The second-order valence-corrected chi connectivity index (χ2v) is 5.99. The van der Waals surface area contributed by atoms with E-state index in [1.807, 2.05) is 37.5 Å². The van der Waals surface area contributed by atoms with Crippen LogP contribution in [0.25, 0.3) is 11.4 Å². The lowest BCUT2D eigenvalue weighted by Gasteiger charge is -2.36. The van der Waals surface area contributed by atoms with Crippen molar-refractivity contribution in [3.05, 3.63) is 54.5 Å². The Labute approximate surface area is 141 Å². The Balaban J connectivity index is 1.54. The normalized spacial score (nSPS) is 14.9. The Hall–Kier alpha value is -2.89. The third-order valence-corrected chi connectivity index (χ3v) is 4.33. The molecule has 4 rings (SSSR count). The lowest BCUT2D eigenvalue weighted by molar-refractivity contribution is 0.647. The van der Waals surface area contributed by atoms with Crippen molar-refractivity contribution in [2.75, 3.05) is 36.0 Å². The molecule has 3 aromatic rings. The molecular formula is C18H20N6. The molecule has 0 bridgehead atoms. The molecule has 24 heavy (non-hydrogen) atoms. The summed E-state index contributed by atoms with van der Waals surface area (Å²) < 4.78 is 0.